The molecule has 1 saturated heterocycles. The lowest BCUT2D eigenvalue weighted by atomic mass is 10.3. The molecule has 27 heavy (non-hydrogen) atoms. The molecule has 1 heterocycles. The fourth-order valence-electron chi connectivity index (χ4n) is 2.97. The molecular weight excluding hydrogens is 437 g/mol. The summed E-state index contributed by atoms with van der Waals surface area (Å²) in [6, 6.07) is 12.3. The number of rotatable bonds is 5. The SMILES string of the molecule is O=C(C[NH+]1CCN(S(=O)(=O)c2ccc(Br)cc2)CC1)Nc1cccc(F)c1. The Labute approximate surface area is 166 Å². The van der Waals surface area contributed by atoms with Crippen LogP contribution in [-0.2, 0) is 14.8 Å². The molecule has 1 fully saturated rings. The van der Waals surface area contributed by atoms with Crippen molar-refractivity contribution in [3.05, 3.63) is 58.8 Å². The van der Waals surface area contributed by atoms with Crippen LogP contribution >= 0.6 is 15.9 Å². The average Bonchev–Trinajstić information content (AvgIpc) is 2.62. The maximum atomic E-state index is 13.2. The predicted molar refractivity (Wildman–Crippen MR) is 103 cm³/mol. The van der Waals surface area contributed by atoms with Crippen LogP contribution < -0.4 is 10.2 Å². The molecule has 9 heteroatoms. The summed E-state index contributed by atoms with van der Waals surface area (Å²) in [5.41, 5.74) is 0.413. The molecule has 0 aromatic heterocycles. The Hall–Kier alpha value is -1.81. The molecule has 0 saturated carbocycles. The molecule has 0 unspecified atom stereocenters. The molecule has 1 aliphatic rings. The van der Waals surface area contributed by atoms with Gasteiger partial charge in [-0.05, 0) is 42.5 Å². The number of carbonyl (C=O) groups excluding carboxylic acids is 1. The van der Waals surface area contributed by atoms with Crippen LogP contribution in [0.15, 0.2) is 57.9 Å². The van der Waals surface area contributed by atoms with E-state index in [1.807, 2.05) is 0 Å². The molecule has 1 aliphatic heterocycles. The van der Waals surface area contributed by atoms with Crippen molar-refractivity contribution in [1.29, 1.82) is 0 Å². The summed E-state index contributed by atoms with van der Waals surface area (Å²) >= 11 is 3.30. The summed E-state index contributed by atoms with van der Waals surface area (Å²) in [6.45, 7) is 1.98. The number of nitrogens with one attached hydrogen (secondary N) is 2. The maximum Gasteiger partial charge on any atom is 0.279 e. The number of carbonyl (C=O) groups is 1. The van der Waals surface area contributed by atoms with Crippen LogP contribution in [0.1, 0.15) is 0 Å². The third-order valence-electron chi connectivity index (χ3n) is 4.40. The zero-order valence-electron chi connectivity index (χ0n) is 14.5. The van der Waals surface area contributed by atoms with Gasteiger partial charge in [0.25, 0.3) is 5.91 Å². The lowest BCUT2D eigenvalue weighted by molar-refractivity contribution is -0.895. The molecule has 6 nitrogen and oxygen atoms in total. The minimum Gasteiger partial charge on any atom is -0.325 e. The Morgan fingerprint density at radius 3 is 2.44 bits per heavy atom. The van der Waals surface area contributed by atoms with E-state index in [4.69, 9.17) is 0 Å². The van der Waals surface area contributed by atoms with Gasteiger partial charge in [0, 0.05) is 10.2 Å². The molecule has 2 N–H and O–H groups in total. The summed E-state index contributed by atoms with van der Waals surface area (Å²) in [5.74, 6) is -0.633. The number of anilines is 1. The van der Waals surface area contributed by atoms with Crippen LogP contribution in [0, 0.1) is 5.82 Å². The zero-order valence-corrected chi connectivity index (χ0v) is 16.9. The highest BCUT2D eigenvalue weighted by Crippen LogP contribution is 2.18. The van der Waals surface area contributed by atoms with Gasteiger partial charge in [-0.15, -0.1) is 0 Å². The van der Waals surface area contributed by atoms with E-state index >= 15 is 0 Å². The lowest BCUT2D eigenvalue weighted by Gasteiger charge is -2.31. The number of halogens is 2. The average molecular weight is 457 g/mol. The number of piperazine rings is 1. The lowest BCUT2D eigenvalue weighted by Crippen LogP contribution is -3.15. The highest BCUT2D eigenvalue weighted by Gasteiger charge is 2.31. The van der Waals surface area contributed by atoms with Crippen molar-refractivity contribution in [3.8, 4) is 0 Å². The van der Waals surface area contributed by atoms with E-state index in [0.29, 0.717) is 31.9 Å². The molecule has 0 spiro atoms. The quantitative estimate of drug-likeness (QED) is 0.707. The second kappa shape index (κ2) is 8.47. The molecule has 0 aliphatic carbocycles. The second-order valence-electron chi connectivity index (χ2n) is 6.34. The van der Waals surface area contributed by atoms with Crippen LogP contribution in [0.3, 0.4) is 0 Å². The van der Waals surface area contributed by atoms with Crippen molar-refractivity contribution < 1.29 is 22.5 Å². The summed E-state index contributed by atoms with van der Waals surface area (Å²) in [7, 11) is -3.53. The smallest absolute Gasteiger partial charge is 0.279 e. The van der Waals surface area contributed by atoms with Crippen LogP contribution in [0.5, 0.6) is 0 Å². The number of benzene rings is 2. The van der Waals surface area contributed by atoms with Crippen LogP contribution in [-0.4, -0.2) is 51.4 Å². The second-order valence-corrected chi connectivity index (χ2v) is 9.20. The monoisotopic (exact) mass is 456 g/mol. The van der Waals surface area contributed by atoms with Crippen molar-refractivity contribution in [2.75, 3.05) is 38.0 Å². The van der Waals surface area contributed by atoms with Gasteiger partial charge in [-0.2, -0.15) is 4.31 Å². The summed E-state index contributed by atoms with van der Waals surface area (Å²) in [5, 5.41) is 2.67. The first kappa shape index (κ1) is 19.9. The van der Waals surface area contributed by atoms with E-state index in [1.165, 1.54) is 22.5 Å². The Morgan fingerprint density at radius 1 is 1.15 bits per heavy atom. The van der Waals surface area contributed by atoms with Crippen LogP contribution in [0.4, 0.5) is 10.1 Å². The van der Waals surface area contributed by atoms with Crippen molar-refractivity contribution in [2.24, 2.45) is 0 Å². The number of amides is 1. The first-order valence-electron chi connectivity index (χ1n) is 8.49. The van der Waals surface area contributed by atoms with Crippen molar-refractivity contribution in [1.82, 2.24) is 4.31 Å². The van der Waals surface area contributed by atoms with Gasteiger partial charge in [0.05, 0.1) is 31.1 Å². The van der Waals surface area contributed by atoms with Gasteiger partial charge in [0.1, 0.15) is 5.82 Å². The number of hydrogen-bond acceptors (Lipinski definition) is 3. The minimum absolute atomic E-state index is 0.211. The van der Waals surface area contributed by atoms with Gasteiger partial charge in [-0.1, -0.05) is 22.0 Å². The van der Waals surface area contributed by atoms with Gasteiger partial charge >= 0.3 is 0 Å². The van der Waals surface area contributed by atoms with Crippen molar-refractivity contribution in [3.63, 3.8) is 0 Å². The molecule has 0 radical (unpaired) electrons. The summed E-state index contributed by atoms with van der Waals surface area (Å²) in [4.78, 5) is 13.4. The zero-order chi connectivity index (χ0) is 19.4. The first-order chi connectivity index (χ1) is 12.8. The molecule has 0 bridgehead atoms. The number of quaternary nitrogens is 1. The van der Waals surface area contributed by atoms with E-state index in [-0.39, 0.29) is 17.3 Å². The highest BCUT2D eigenvalue weighted by molar-refractivity contribution is 9.10. The van der Waals surface area contributed by atoms with E-state index < -0.39 is 15.8 Å². The Balaban J connectivity index is 1.54. The van der Waals surface area contributed by atoms with E-state index in [1.54, 1.807) is 30.3 Å². The number of nitrogens with zero attached hydrogens (tertiary/aromatic N) is 1. The van der Waals surface area contributed by atoms with Crippen LogP contribution in [0.25, 0.3) is 0 Å². The van der Waals surface area contributed by atoms with Gasteiger partial charge in [-0.3, -0.25) is 4.79 Å². The molecule has 2 aromatic carbocycles. The van der Waals surface area contributed by atoms with Crippen molar-refractivity contribution >= 4 is 37.5 Å². The summed E-state index contributed by atoms with van der Waals surface area (Å²) in [6.07, 6.45) is 0. The summed E-state index contributed by atoms with van der Waals surface area (Å²) < 4.78 is 40.8. The molecule has 2 aromatic rings. The van der Waals surface area contributed by atoms with Crippen LogP contribution in [0.2, 0.25) is 0 Å². The fourth-order valence-corrected chi connectivity index (χ4v) is 4.68. The molecule has 1 amide bonds. The highest BCUT2D eigenvalue weighted by atomic mass is 79.9. The van der Waals surface area contributed by atoms with E-state index in [0.717, 1.165) is 9.37 Å². The van der Waals surface area contributed by atoms with E-state index in [2.05, 4.69) is 21.2 Å². The third-order valence-corrected chi connectivity index (χ3v) is 6.84. The first-order valence-corrected chi connectivity index (χ1v) is 10.7. The molecular formula is C18H20BrFN3O3S+. The van der Waals surface area contributed by atoms with Gasteiger partial charge < -0.3 is 10.2 Å². The topological polar surface area (TPSA) is 70.9 Å². The van der Waals surface area contributed by atoms with Gasteiger partial charge in [0.15, 0.2) is 6.54 Å². The molecule has 144 valence electrons. The Morgan fingerprint density at radius 2 is 1.81 bits per heavy atom. The Kier molecular flexibility index (Phi) is 6.25. The minimum atomic E-state index is -3.53. The third kappa shape index (κ3) is 5.13. The fraction of sp³-hybridized carbons (Fsp3) is 0.278. The van der Waals surface area contributed by atoms with Gasteiger partial charge in [-0.25, -0.2) is 12.8 Å². The standard InChI is InChI=1S/C18H19BrFN3O3S/c19-14-4-6-17(7-5-14)27(25,26)23-10-8-22(9-11-23)13-18(24)21-16-3-1-2-15(20)12-16/h1-7,12H,8-11,13H2,(H,21,24)/p+1. The van der Waals surface area contributed by atoms with E-state index in [9.17, 15) is 17.6 Å². The Bertz CT molecular complexity index is 914. The predicted octanol–water partition coefficient (Wildman–Crippen LogP) is 1.12. The largest absolute Gasteiger partial charge is 0.325 e. The number of hydrogen-bond donors (Lipinski definition) is 2. The van der Waals surface area contributed by atoms with Gasteiger partial charge in [0.2, 0.25) is 10.0 Å². The molecule has 3 rings (SSSR count). The maximum absolute atomic E-state index is 13.2. The number of sulfonamides is 1. The molecule has 0 atom stereocenters. The van der Waals surface area contributed by atoms with Crippen molar-refractivity contribution in [2.45, 2.75) is 4.90 Å². The normalized spacial score (nSPS) is 16.2.